The van der Waals surface area contributed by atoms with E-state index < -0.39 is 10.0 Å². The second-order valence-electron chi connectivity index (χ2n) is 5.75. The number of nitrogens with one attached hydrogen (secondary N) is 1. The Bertz CT molecular complexity index is 703. The summed E-state index contributed by atoms with van der Waals surface area (Å²) in [6, 6.07) is 4.09. The third-order valence-electron chi connectivity index (χ3n) is 3.93. The van der Waals surface area contributed by atoms with Gasteiger partial charge >= 0.3 is 0 Å². The summed E-state index contributed by atoms with van der Waals surface area (Å²) in [6.45, 7) is 4.40. The highest BCUT2D eigenvalue weighted by Gasteiger charge is 2.25. The number of morpholine rings is 1. The topological polar surface area (TPSA) is 79.0 Å². The Morgan fingerprint density at radius 2 is 1.96 bits per heavy atom. The van der Waals surface area contributed by atoms with Crippen LogP contribution in [0.3, 0.4) is 0 Å². The summed E-state index contributed by atoms with van der Waals surface area (Å²) in [5.41, 5.74) is 0.393. The fourth-order valence-electron chi connectivity index (χ4n) is 2.35. The molecule has 0 radical (unpaired) electrons. The van der Waals surface area contributed by atoms with Crippen molar-refractivity contribution >= 4 is 33.2 Å². The SMILES string of the molecule is CC(C(=O)Nc1ccc(Cl)c(S(=O)(=O)N(C)C)c1)N1CCOCC1. The molecule has 1 heterocycles. The van der Waals surface area contributed by atoms with Gasteiger partial charge in [-0.2, -0.15) is 0 Å². The number of hydrogen-bond acceptors (Lipinski definition) is 5. The van der Waals surface area contributed by atoms with Gasteiger partial charge in [-0.15, -0.1) is 0 Å². The van der Waals surface area contributed by atoms with Crippen LogP contribution in [0.2, 0.25) is 5.02 Å². The van der Waals surface area contributed by atoms with Crippen LogP contribution in [-0.4, -0.2) is 70.0 Å². The summed E-state index contributed by atoms with van der Waals surface area (Å²) in [5.74, 6) is -0.201. The van der Waals surface area contributed by atoms with E-state index in [9.17, 15) is 13.2 Å². The quantitative estimate of drug-likeness (QED) is 0.837. The molecule has 2 rings (SSSR count). The minimum atomic E-state index is -3.68. The Kier molecular flexibility index (Phi) is 6.22. The zero-order valence-corrected chi connectivity index (χ0v) is 15.5. The summed E-state index contributed by atoms with van der Waals surface area (Å²) in [4.78, 5) is 14.4. The van der Waals surface area contributed by atoms with Crippen LogP contribution in [0.1, 0.15) is 6.92 Å². The van der Waals surface area contributed by atoms with Gasteiger partial charge in [-0.25, -0.2) is 12.7 Å². The largest absolute Gasteiger partial charge is 0.379 e. The van der Waals surface area contributed by atoms with Gasteiger partial charge in [0, 0.05) is 32.9 Å². The maximum absolute atomic E-state index is 12.4. The first-order valence-corrected chi connectivity index (χ1v) is 9.40. The lowest BCUT2D eigenvalue weighted by Crippen LogP contribution is -2.47. The molecule has 1 N–H and O–H groups in total. The van der Waals surface area contributed by atoms with Crippen LogP contribution in [-0.2, 0) is 19.6 Å². The van der Waals surface area contributed by atoms with Gasteiger partial charge < -0.3 is 10.1 Å². The van der Waals surface area contributed by atoms with Crippen LogP contribution in [0, 0.1) is 0 Å². The smallest absolute Gasteiger partial charge is 0.244 e. The minimum absolute atomic E-state index is 0.0361. The van der Waals surface area contributed by atoms with E-state index in [0.717, 1.165) is 4.31 Å². The first-order valence-electron chi connectivity index (χ1n) is 7.58. The first kappa shape index (κ1) is 19.1. The van der Waals surface area contributed by atoms with Crippen molar-refractivity contribution in [3.8, 4) is 0 Å². The molecule has 9 heteroatoms. The van der Waals surface area contributed by atoms with Crippen LogP contribution in [0.5, 0.6) is 0 Å². The van der Waals surface area contributed by atoms with Gasteiger partial charge in [0.05, 0.1) is 24.3 Å². The highest BCUT2D eigenvalue weighted by atomic mass is 35.5. The molecular weight excluding hydrogens is 354 g/mol. The Labute approximate surface area is 147 Å². The summed E-state index contributed by atoms with van der Waals surface area (Å²) in [7, 11) is -0.827. The molecule has 24 heavy (non-hydrogen) atoms. The average molecular weight is 376 g/mol. The van der Waals surface area contributed by atoms with Crippen molar-refractivity contribution in [2.24, 2.45) is 0 Å². The highest BCUT2D eigenvalue weighted by Crippen LogP contribution is 2.27. The molecule has 1 aliphatic heterocycles. The number of rotatable bonds is 5. The van der Waals surface area contributed by atoms with Gasteiger partial charge in [0.15, 0.2) is 0 Å². The molecule has 134 valence electrons. The second kappa shape index (κ2) is 7.79. The predicted molar refractivity (Wildman–Crippen MR) is 92.8 cm³/mol. The minimum Gasteiger partial charge on any atom is -0.379 e. The molecule has 0 aliphatic carbocycles. The Hall–Kier alpha value is -1.19. The average Bonchev–Trinajstić information content (AvgIpc) is 2.56. The predicted octanol–water partition coefficient (Wildman–Crippen LogP) is 1.25. The molecule has 1 amide bonds. The van der Waals surface area contributed by atoms with E-state index in [4.69, 9.17) is 16.3 Å². The summed E-state index contributed by atoms with van der Waals surface area (Å²) >= 11 is 6.00. The van der Waals surface area contributed by atoms with Gasteiger partial charge in [-0.05, 0) is 25.1 Å². The summed E-state index contributed by atoms with van der Waals surface area (Å²) in [6.07, 6.45) is 0. The van der Waals surface area contributed by atoms with Crippen molar-refractivity contribution in [2.75, 3.05) is 45.7 Å². The maximum Gasteiger partial charge on any atom is 0.244 e. The Morgan fingerprint density at radius 1 is 1.33 bits per heavy atom. The van der Waals surface area contributed by atoms with Crippen LogP contribution in [0.4, 0.5) is 5.69 Å². The number of amides is 1. The zero-order chi connectivity index (χ0) is 17.9. The van der Waals surface area contributed by atoms with E-state index in [0.29, 0.717) is 32.0 Å². The van der Waals surface area contributed by atoms with Gasteiger partial charge in [-0.1, -0.05) is 11.6 Å². The van der Waals surface area contributed by atoms with E-state index in [1.807, 2.05) is 11.8 Å². The standard InChI is InChI=1S/C15H22ClN3O4S/c1-11(19-6-8-23-9-7-19)15(20)17-12-4-5-13(16)14(10-12)24(21,22)18(2)3/h4-5,10-11H,6-9H2,1-3H3,(H,17,20). The Balaban J connectivity index is 2.17. The molecule has 0 saturated carbocycles. The molecule has 1 aromatic rings. The molecule has 1 saturated heterocycles. The normalized spacial score (nSPS) is 17.7. The summed E-state index contributed by atoms with van der Waals surface area (Å²) < 4.78 is 30.9. The van der Waals surface area contributed by atoms with E-state index in [2.05, 4.69) is 5.32 Å². The molecule has 1 atom stereocenters. The lowest BCUT2D eigenvalue weighted by atomic mass is 10.2. The number of benzene rings is 1. The number of nitrogens with zero attached hydrogens (tertiary/aromatic N) is 2. The van der Waals surface area contributed by atoms with Crippen molar-refractivity contribution in [3.05, 3.63) is 23.2 Å². The van der Waals surface area contributed by atoms with E-state index in [1.54, 1.807) is 6.07 Å². The molecule has 1 fully saturated rings. The third kappa shape index (κ3) is 4.25. The second-order valence-corrected chi connectivity index (χ2v) is 8.27. The lowest BCUT2D eigenvalue weighted by molar-refractivity contribution is -0.122. The van der Waals surface area contributed by atoms with Crippen molar-refractivity contribution in [1.82, 2.24) is 9.21 Å². The van der Waals surface area contributed by atoms with Crippen molar-refractivity contribution in [2.45, 2.75) is 17.9 Å². The van der Waals surface area contributed by atoms with Crippen LogP contribution in [0.25, 0.3) is 0 Å². The molecule has 1 aromatic carbocycles. The van der Waals surface area contributed by atoms with E-state index in [-0.39, 0.29) is 21.9 Å². The van der Waals surface area contributed by atoms with Crippen molar-refractivity contribution in [3.63, 3.8) is 0 Å². The van der Waals surface area contributed by atoms with Crippen molar-refractivity contribution in [1.29, 1.82) is 0 Å². The van der Waals surface area contributed by atoms with Gasteiger partial charge in [0.25, 0.3) is 0 Å². The van der Waals surface area contributed by atoms with Gasteiger partial charge in [-0.3, -0.25) is 9.69 Å². The molecule has 0 spiro atoms. The molecule has 1 aliphatic rings. The molecule has 0 aromatic heterocycles. The van der Waals surface area contributed by atoms with E-state index >= 15 is 0 Å². The number of anilines is 1. The fraction of sp³-hybridized carbons (Fsp3) is 0.533. The maximum atomic E-state index is 12.4. The number of sulfonamides is 1. The first-order chi connectivity index (χ1) is 11.2. The number of hydrogen-bond donors (Lipinski definition) is 1. The zero-order valence-electron chi connectivity index (χ0n) is 14.0. The van der Waals surface area contributed by atoms with Crippen molar-refractivity contribution < 1.29 is 17.9 Å². The highest BCUT2D eigenvalue weighted by molar-refractivity contribution is 7.89. The third-order valence-corrected chi connectivity index (χ3v) is 6.23. The summed E-state index contributed by atoms with van der Waals surface area (Å²) in [5, 5.41) is 2.87. The Morgan fingerprint density at radius 3 is 2.54 bits per heavy atom. The van der Waals surface area contributed by atoms with Gasteiger partial charge in [0.2, 0.25) is 15.9 Å². The van der Waals surface area contributed by atoms with Crippen LogP contribution < -0.4 is 5.32 Å². The monoisotopic (exact) mass is 375 g/mol. The molecule has 1 unspecified atom stereocenters. The molecule has 0 bridgehead atoms. The molecular formula is C15H22ClN3O4S. The van der Waals surface area contributed by atoms with Crippen LogP contribution in [0.15, 0.2) is 23.1 Å². The number of halogens is 1. The fourth-order valence-corrected chi connectivity index (χ4v) is 3.75. The number of ether oxygens (including phenoxy) is 1. The number of carbonyl (C=O) groups is 1. The van der Waals surface area contributed by atoms with Crippen LogP contribution >= 0.6 is 11.6 Å². The lowest BCUT2D eigenvalue weighted by Gasteiger charge is -2.31. The molecule has 7 nitrogen and oxygen atoms in total. The van der Waals surface area contributed by atoms with Gasteiger partial charge in [0.1, 0.15) is 4.90 Å². The number of carbonyl (C=O) groups excluding carboxylic acids is 1. The van der Waals surface area contributed by atoms with E-state index in [1.165, 1.54) is 26.2 Å².